The molecule has 96 valence electrons. The second-order valence-electron chi connectivity index (χ2n) is 3.55. The molecule has 1 aromatic carbocycles. The molecule has 2 N–H and O–H groups in total. The van der Waals surface area contributed by atoms with Crippen LogP contribution < -0.4 is 4.90 Å². The molecule has 1 aromatic rings. The molecule has 0 aliphatic carbocycles. The number of hydrogen-bond donors (Lipinski definition) is 2. The van der Waals surface area contributed by atoms with Crippen molar-refractivity contribution < 1.29 is 23.4 Å². The van der Waals surface area contributed by atoms with E-state index in [9.17, 15) is 13.2 Å². The number of rotatable bonds is 5. The molecule has 0 amide bonds. The number of anilines is 1. The molecule has 0 heterocycles. The SMILES string of the molecule is OCCN(CC(F)(F)F)c1ccccc1CO. The van der Waals surface area contributed by atoms with Gasteiger partial charge in [0.2, 0.25) is 0 Å². The normalized spacial score (nSPS) is 11.6. The van der Waals surface area contributed by atoms with E-state index in [-0.39, 0.29) is 19.8 Å². The standard InChI is InChI=1S/C11H14F3NO2/c12-11(13,14)8-15(5-6-16)10-4-2-1-3-9(10)7-17/h1-4,16-17H,5-8H2. The van der Waals surface area contributed by atoms with E-state index in [1.54, 1.807) is 18.2 Å². The number of benzene rings is 1. The number of hydrogen-bond acceptors (Lipinski definition) is 3. The Kier molecular flexibility index (Phi) is 4.77. The molecule has 0 atom stereocenters. The zero-order valence-electron chi connectivity index (χ0n) is 9.11. The Hall–Kier alpha value is -1.27. The van der Waals surface area contributed by atoms with E-state index in [0.717, 1.165) is 4.90 Å². The molecule has 6 heteroatoms. The zero-order valence-corrected chi connectivity index (χ0v) is 9.11. The molecule has 17 heavy (non-hydrogen) atoms. The molecule has 0 aliphatic rings. The van der Waals surface area contributed by atoms with Crippen LogP contribution in [0.2, 0.25) is 0 Å². The lowest BCUT2D eigenvalue weighted by Crippen LogP contribution is -2.36. The number of aliphatic hydroxyl groups is 2. The summed E-state index contributed by atoms with van der Waals surface area (Å²) in [7, 11) is 0. The van der Waals surface area contributed by atoms with Gasteiger partial charge >= 0.3 is 6.18 Å². The summed E-state index contributed by atoms with van der Waals surface area (Å²) >= 11 is 0. The highest BCUT2D eigenvalue weighted by Crippen LogP contribution is 2.25. The van der Waals surface area contributed by atoms with Crippen molar-refractivity contribution in [2.75, 3.05) is 24.6 Å². The summed E-state index contributed by atoms with van der Waals surface area (Å²) in [4.78, 5) is 1.01. The largest absolute Gasteiger partial charge is 0.405 e. The van der Waals surface area contributed by atoms with Crippen LogP contribution in [-0.4, -0.2) is 36.1 Å². The van der Waals surface area contributed by atoms with Crippen molar-refractivity contribution in [3.63, 3.8) is 0 Å². The van der Waals surface area contributed by atoms with Gasteiger partial charge in [-0.05, 0) is 6.07 Å². The van der Waals surface area contributed by atoms with E-state index < -0.39 is 12.7 Å². The van der Waals surface area contributed by atoms with E-state index in [4.69, 9.17) is 10.2 Å². The van der Waals surface area contributed by atoms with E-state index in [2.05, 4.69) is 0 Å². The summed E-state index contributed by atoms with van der Waals surface area (Å²) in [5.74, 6) is 0. The van der Waals surface area contributed by atoms with Crippen LogP contribution in [0, 0.1) is 0 Å². The summed E-state index contributed by atoms with van der Waals surface area (Å²) in [5, 5.41) is 17.9. The summed E-state index contributed by atoms with van der Waals surface area (Å²) in [6.07, 6.45) is -4.35. The van der Waals surface area contributed by atoms with Crippen molar-refractivity contribution in [3.05, 3.63) is 29.8 Å². The van der Waals surface area contributed by atoms with E-state index in [0.29, 0.717) is 11.3 Å². The molecule has 0 unspecified atom stereocenters. The number of halogens is 3. The van der Waals surface area contributed by atoms with Gasteiger partial charge in [0.15, 0.2) is 0 Å². The first-order valence-corrected chi connectivity index (χ1v) is 5.09. The number of para-hydroxylation sites is 1. The molecule has 0 aliphatic heterocycles. The lowest BCUT2D eigenvalue weighted by molar-refractivity contribution is -0.119. The highest BCUT2D eigenvalue weighted by Gasteiger charge is 2.31. The van der Waals surface area contributed by atoms with Gasteiger partial charge in [-0.25, -0.2) is 0 Å². The molecular formula is C11H14F3NO2. The molecule has 0 radical (unpaired) electrons. The maximum Gasteiger partial charge on any atom is 0.405 e. The van der Waals surface area contributed by atoms with Crippen LogP contribution in [0.25, 0.3) is 0 Å². The number of alkyl halides is 3. The van der Waals surface area contributed by atoms with Crippen molar-refractivity contribution in [2.24, 2.45) is 0 Å². The van der Waals surface area contributed by atoms with E-state index in [1.807, 2.05) is 0 Å². The smallest absolute Gasteiger partial charge is 0.395 e. The van der Waals surface area contributed by atoms with Crippen LogP contribution in [0.3, 0.4) is 0 Å². The average molecular weight is 249 g/mol. The minimum atomic E-state index is -4.35. The van der Waals surface area contributed by atoms with Gasteiger partial charge < -0.3 is 15.1 Å². The Labute approximate surface area is 97.1 Å². The second kappa shape index (κ2) is 5.88. The Bertz CT molecular complexity index is 355. The number of aliphatic hydroxyl groups excluding tert-OH is 2. The Balaban J connectivity index is 2.96. The van der Waals surface area contributed by atoms with Crippen molar-refractivity contribution in [1.29, 1.82) is 0 Å². The first-order valence-electron chi connectivity index (χ1n) is 5.09. The first-order chi connectivity index (χ1) is 7.98. The van der Waals surface area contributed by atoms with Crippen LogP contribution in [-0.2, 0) is 6.61 Å². The maximum absolute atomic E-state index is 12.4. The average Bonchev–Trinajstić information content (AvgIpc) is 2.27. The third-order valence-electron chi connectivity index (χ3n) is 2.24. The lowest BCUT2D eigenvalue weighted by atomic mass is 10.1. The quantitative estimate of drug-likeness (QED) is 0.832. The summed E-state index contributed by atoms with van der Waals surface area (Å²) in [6.45, 7) is -1.99. The van der Waals surface area contributed by atoms with Crippen LogP contribution >= 0.6 is 0 Å². The fourth-order valence-electron chi connectivity index (χ4n) is 1.57. The molecule has 0 aromatic heterocycles. The van der Waals surface area contributed by atoms with Crippen LogP contribution in [0.15, 0.2) is 24.3 Å². The van der Waals surface area contributed by atoms with Gasteiger partial charge in [0, 0.05) is 17.8 Å². The van der Waals surface area contributed by atoms with Crippen LogP contribution in [0.4, 0.5) is 18.9 Å². The molecule has 3 nitrogen and oxygen atoms in total. The first kappa shape index (κ1) is 13.8. The van der Waals surface area contributed by atoms with Gasteiger partial charge in [-0.15, -0.1) is 0 Å². The van der Waals surface area contributed by atoms with E-state index >= 15 is 0 Å². The molecule has 0 fully saturated rings. The van der Waals surface area contributed by atoms with Crippen LogP contribution in [0.1, 0.15) is 5.56 Å². The van der Waals surface area contributed by atoms with Gasteiger partial charge in [0.25, 0.3) is 0 Å². The number of nitrogens with zero attached hydrogens (tertiary/aromatic N) is 1. The summed E-state index contributed by atoms with van der Waals surface area (Å²) in [5.41, 5.74) is 0.701. The Morgan fingerprint density at radius 3 is 2.29 bits per heavy atom. The highest BCUT2D eigenvalue weighted by molar-refractivity contribution is 5.53. The fraction of sp³-hybridized carbons (Fsp3) is 0.455. The van der Waals surface area contributed by atoms with Gasteiger partial charge in [-0.3, -0.25) is 0 Å². The molecule has 1 rings (SSSR count). The topological polar surface area (TPSA) is 43.7 Å². The summed E-state index contributed by atoms with van der Waals surface area (Å²) < 4.78 is 37.1. The second-order valence-corrected chi connectivity index (χ2v) is 3.55. The summed E-state index contributed by atoms with van der Waals surface area (Å²) in [6, 6.07) is 6.28. The fourth-order valence-corrected chi connectivity index (χ4v) is 1.57. The predicted molar refractivity (Wildman–Crippen MR) is 57.7 cm³/mol. The minimum absolute atomic E-state index is 0.128. The molecule has 0 saturated carbocycles. The van der Waals surface area contributed by atoms with Gasteiger partial charge in [-0.1, -0.05) is 18.2 Å². The molecule has 0 saturated heterocycles. The lowest BCUT2D eigenvalue weighted by Gasteiger charge is -2.26. The molecular weight excluding hydrogens is 235 g/mol. The maximum atomic E-state index is 12.4. The Morgan fingerprint density at radius 1 is 1.12 bits per heavy atom. The van der Waals surface area contributed by atoms with Crippen molar-refractivity contribution in [1.82, 2.24) is 0 Å². The minimum Gasteiger partial charge on any atom is -0.395 e. The van der Waals surface area contributed by atoms with Gasteiger partial charge in [0.1, 0.15) is 6.54 Å². The third kappa shape index (κ3) is 4.24. The van der Waals surface area contributed by atoms with Gasteiger partial charge in [-0.2, -0.15) is 13.2 Å². The van der Waals surface area contributed by atoms with Crippen LogP contribution in [0.5, 0.6) is 0 Å². The highest BCUT2D eigenvalue weighted by atomic mass is 19.4. The van der Waals surface area contributed by atoms with E-state index in [1.165, 1.54) is 6.07 Å². The van der Waals surface area contributed by atoms with Gasteiger partial charge in [0.05, 0.1) is 13.2 Å². The van der Waals surface area contributed by atoms with Crippen molar-refractivity contribution in [2.45, 2.75) is 12.8 Å². The predicted octanol–water partition coefficient (Wildman–Crippen LogP) is 1.54. The monoisotopic (exact) mass is 249 g/mol. The third-order valence-corrected chi connectivity index (χ3v) is 2.24. The van der Waals surface area contributed by atoms with Crippen molar-refractivity contribution in [3.8, 4) is 0 Å². The Morgan fingerprint density at radius 2 is 1.76 bits per heavy atom. The molecule has 0 bridgehead atoms. The molecule has 0 spiro atoms. The van der Waals surface area contributed by atoms with Crippen molar-refractivity contribution >= 4 is 5.69 Å². The zero-order chi connectivity index (χ0) is 12.9.